The lowest BCUT2D eigenvalue weighted by atomic mass is 9.62. The van der Waals surface area contributed by atoms with Gasteiger partial charge < -0.3 is 9.64 Å². The van der Waals surface area contributed by atoms with Gasteiger partial charge in [0.1, 0.15) is 0 Å². The summed E-state index contributed by atoms with van der Waals surface area (Å²) in [7, 11) is 1.81. The highest BCUT2D eigenvalue weighted by Crippen LogP contribution is 2.49. The van der Waals surface area contributed by atoms with Crippen LogP contribution in [-0.4, -0.2) is 36.3 Å². The first kappa shape index (κ1) is 12.9. The second kappa shape index (κ2) is 4.75. The first-order chi connectivity index (χ1) is 9.15. The molecule has 1 aromatic heterocycles. The van der Waals surface area contributed by atoms with E-state index in [1.807, 2.05) is 19.5 Å². The second-order valence-electron chi connectivity index (χ2n) is 6.25. The van der Waals surface area contributed by atoms with Crippen molar-refractivity contribution in [3.63, 3.8) is 0 Å². The first-order valence-electron chi connectivity index (χ1n) is 7.25. The van der Waals surface area contributed by atoms with E-state index in [2.05, 4.69) is 28.7 Å². The maximum atomic E-state index is 5.36. The zero-order valence-corrected chi connectivity index (χ0v) is 12.1. The quantitative estimate of drug-likeness (QED) is 0.835. The molecule has 0 aromatic carbocycles. The lowest BCUT2D eigenvalue weighted by molar-refractivity contribution is -0.0735. The third-order valence-corrected chi connectivity index (χ3v) is 4.83. The highest BCUT2D eigenvalue weighted by atomic mass is 16.5. The van der Waals surface area contributed by atoms with Crippen LogP contribution in [-0.2, 0) is 4.74 Å². The Morgan fingerprint density at radius 3 is 2.53 bits per heavy atom. The van der Waals surface area contributed by atoms with Crippen LogP contribution >= 0.6 is 0 Å². The highest BCUT2D eigenvalue weighted by molar-refractivity contribution is 5.38. The summed E-state index contributed by atoms with van der Waals surface area (Å²) in [6.45, 7) is 6.60. The zero-order valence-electron chi connectivity index (χ0n) is 12.1. The molecule has 1 saturated heterocycles. The molecule has 1 aliphatic carbocycles. The van der Waals surface area contributed by atoms with Gasteiger partial charge in [-0.25, -0.2) is 9.97 Å². The number of rotatable bonds is 4. The van der Waals surface area contributed by atoms with Crippen molar-refractivity contribution in [2.24, 2.45) is 5.41 Å². The lowest BCUT2D eigenvalue weighted by Crippen LogP contribution is -2.64. The van der Waals surface area contributed by atoms with Crippen LogP contribution in [0.5, 0.6) is 0 Å². The third-order valence-electron chi connectivity index (χ3n) is 4.83. The summed E-state index contributed by atoms with van der Waals surface area (Å²) in [6.07, 6.45) is 7.99. The fourth-order valence-electron chi connectivity index (χ4n) is 3.22. The molecule has 1 atom stereocenters. The van der Waals surface area contributed by atoms with Crippen LogP contribution in [0.3, 0.4) is 0 Å². The maximum Gasteiger partial charge on any atom is 0.225 e. The van der Waals surface area contributed by atoms with E-state index in [0.29, 0.717) is 17.4 Å². The van der Waals surface area contributed by atoms with Crippen molar-refractivity contribution in [1.82, 2.24) is 9.97 Å². The summed E-state index contributed by atoms with van der Waals surface area (Å²) in [5, 5.41) is 0. The molecule has 1 spiro atoms. The average Bonchev–Trinajstić information content (AvgIpc) is 2.36. The molecule has 2 aliphatic rings. The van der Waals surface area contributed by atoms with Gasteiger partial charge >= 0.3 is 0 Å². The summed E-state index contributed by atoms with van der Waals surface area (Å²) >= 11 is 0. The van der Waals surface area contributed by atoms with Gasteiger partial charge in [-0.2, -0.15) is 0 Å². The number of nitrogens with zero attached hydrogens (tertiary/aromatic N) is 3. The van der Waals surface area contributed by atoms with Gasteiger partial charge in [-0.15, -0.1) is 0 Å². The molecule has 0 bridgehead atoms. The molecule has 3 rings (SSSR count). The van der Waals surface area contributed by atoms with E-state index in [1.165, 1.54) is 18.4 Å². The monoisotopic (exact) mass is 261 g/mol. The van der Waals surface area contributed by atoms with Crippen LogP contribution in [0.2, 0.25) is 0 Å². The van der Waals surface area contributed by atoms with Crippen LogP contribution in [0, 0.1) is 5.41 Å². The Hall–Kier alpha value is -1.16. The van der Waals surface area contributed by atoms with Gasteiger partial charge in [0, 0.05) is 38.0 Å². The smallest absolute Gasteiger partial charge is 0.225 e. The molecule has 19 heavy (non-hydrogen) atoms. The molecular weight excluding hydrogens is 238 g/mol. The minimum atomic E-state index is 0.482. The summed E-state index contributed by atoms with van der Waals surface area (Å²) in [6, 6.07) is 0. The molecule has 2 fully saturated rings. The molecule has 1 aliphatic heterocycles. The second-order valence-corrected chi connectivity index (χ2v) is 6.25. The molecule has 104 valence electrons. The lowest BCUT2D eigenvalue weighted by Gasteiger charge is -2.58. The minimum absolute atomic E-state index is 0.482. The Balaban J connectivity index is 1.57. The van der Waals surface area contributed by atoms with Gasteiger partial charge in [0.05, 0.1) is 6.10 Å². The van der Waals surface area contributed by atoms with Crippen molar-refractivity contribution in [2.75, 3.05) is 25.1 Å². The van der Waals surface area contributed by atoms with Crippen LogP contribution < -0.4 is 4.90 Å². The van der Waals surface area contributed by atoms with Gasteiger partial charge in [-0.3, -0.25) is 0 Å². The van der Waals surface area contributed by atoms with Crippen molar-refractivity contribution in [1.29, 1.82) is 0 Å². The van der Waals surface area contributed by atoms with Crippen molar-refractivity contribution >= 4 is 5.95 Å². The predicted molar refractivity (Wildman–Crippen MR) is 75.4 cm³/mol. The first-order valence-corrected chi connectivity index (χ1v) is 7.25. The fourth-order valence-corrected chi connectivity index (χ4v) is 3.22. The molecular formula is C15H23N3O. The van der Waals surface area contributed by atoms with E-state index in [0.717, 1.165) is 25.5 Å². The van der Waals surface area contributed by atoms with Crippen LogP contribution in [0.4, 0.5) is 5.95 Å². The van der Waals surface area contributed by atoms with Gasteiger partial charge in [0.15, 0.2) is 0 Å². The number of hydrogen-bond acceptors (Lipinski definition) is 4. The largest absolute Gasteiger partial charge is 0.381 e. The molecule has 1 unspecified atom stereocenters. The maximum absolute atomic E-state index is 5.36. The molecule has 2 heterocycles. The van der Waals surface area contributed by atoms with Crippen LogP contribution in [0.1, 0.15) is 44.6 Å². The molecule has 1 aromatic rings. The Bertz CT molecular complexity index is 431. The summed E-state index contributed by atoms with van der Waals surface area (Å²) < 4.78 is 5.36. The van der Waals surface area contributed by atoms with E-state index in [9.17, 15) is 0 Å². The van der Waals surface area contributed by atoms with E-state index in [-0.39, 0.29) is 0 Å². The summed E-state index contributed by atoms with van der Waals surface area (Å²) in [5.41, 5.74) is 1.74. The Morgan fingerprint density at radius 2 is 2.00 bits per heavy atom. The average molecular weight is 261 g/mol. The standard InChI is InChI=1S/C15H23N3O/c1-4-11(2)12-7-16-14(17-8-12)18-9-15(10-18)5-13(6-15)19-3/h7-8,11,13H,4-6,9-10H2,1-3H3. The molecule has 4 nitrogen and oxygen atoms in total. The van der Waals surface area contributed by atoms with Crippen molar-refractivity contribution in [2.45, 2.75) is 45.1 Å². The highest BCUT2D eigenvalue weighted by Gasteiger charge is 2.53. The predicted octanol–water partition coefficient (Wildman–Crippen LogP) is 2.61. The van der Waals surface area contributed by atoms with E-state index < -0.39 is 0 Å². The number of aromatic nitrogens is 2. The van der Waals surface area contributed by atoms with E-state index in [1.54, 1.807) is 0 Å². The summed E-state index contributed by atoms with van der Waals surface area (Å²) in [4.78, 5) is 11.3. The molecule has 1 saturated carbocycles. The SMILES string of the molecule is CCC(C)c1cnc(N2CC3(CC(OC)C3)C2)nc1. The molecule has 0 N–H and O–H groups in total. The number of methoxy groups -OCH3 is 1. The fraction of sp³-hybridized carbons (Fsp3) is 0.733. The van der Waals surface area contributed by atoms with Crippen molar-refractivity contribution in [3.05, 3.63) is 18.0 Å². The van der Waals surface area contributed by atoms with E-state index >= 15 is 0 Å². The number of ether oxygens (including phenoxy) is 1. The number of anilines is 1. The summed E-state index contributed by atoms with van der Waals surface area (Å²) in [5.74, 6) is 1.43. The third kappa shape index (κ3) is 2.22. The minimum Gasteiger partial charge on any atom is -0.381 e. The Kier molecular flexibility index (Phi) is 3.21. The topological polar surface area (TPSA) is 38.2 Å². The molecule has 4 heteroatoms. The van der Waals surface area contributed by atoms with Gasteiger partial charge in [0.2, 0.25) is 5.95 Å². The van der Waals surface area contributed by atoms with Gasteiger partial charge in [0.25, 0.3) is 0 Å². The van der Waals surface area contributed by atoms with E-state index in [4.69, 9.17) is 4.74 Å². The van der Waals surface area contributed by atoms with Gasteiger partial charge in [-0.1, -0.05) is 13.8 Å². The Labute approximate surface area is 115 Å². The Morgan fingerprint density at radius 1 is 1.37 bits per heavy atom. The molecule has 0 amide bonds. The zero-order chi connectivity index (χ0) is 13.5. The van der Waals surface area contributed by atoms with Crippen LogP contribution in [0.25, 0.3) is 0 Å². The van der Waals surface area contributed by atoms with Crippen LogP contribution in [0.15, 0.2) is 12.4 Å². The van der Waals surface area contributed by atoms with Crippen molar-refractivity contribution < 1.29 is 4.74 Å². The normalized spacial score (nSPS) is 23.0. The number of hydrogen-bond donors (Lipinski definition) is 0. The van der Waals surface area contributed by atoms with Gasteiger partial charge in [-0.05, 0) is 30.7 Å². The molecule has 0 radical (unpaired) electrons. The van der Waals surface area contributed by atoms with Crippen molar-refractivity contribution in [3.8, 4) is 0 Å².